The Kier molecular flexibility index (Phi) is 5.83. The van der Waals surface area contributed by atoms with Crippen LogP contribution < -0.4 is 10.2 Å². The molecule has 3 heterocycles. The lowest BCUT2D eigenvalue weighted by Crippen LogP contribution is -2.43. The van der Waals surface area contributed by atoms with Gasteiger partial charge in [-0.25, -0.2) is 9.97 Å². The molecule has 2 aliphatic rings. The number of nitrogens with one attached hydrogen (secondary N) is 1. The first-order chi connectivity index (χ1) is 13.8. The molecule has 6 heteroatoms. The molecular weight excluding hydrogens is 380 g/mol. The van der Waals surface area contributed by atoms with Crippen LogP contribution in [-0.4, -0.2) is 35.0 Å². The lowest BCUT2D eigenvalue weighted by atomic mass is 9.78. The molecule has 2 fully saturated rings. The average Bonchev–Trinajstić information content (AvgIpc) is 3.02. The fraction of sp³-hybridized carbons (Fsp3) is 0.696. The van der Waals surface area contributed by atoms with Crippen molar-refractivity contribution in [2.45, 2.75) is 72.8 Å². The predicted octanol–water partition coefficient (Wildman–Crippen LogP) is 5.10. The van der Waals surface area contributed by atoms with Gasteiger partial charge < -0.3 is 10.2 Å². The first kappa shape index (κ1) is 20.6. The molecule has 0 radical (unpaired) electrons. The number of piperidine rings is 1. The van der Waals surface area contributed by atoms with Gasteiger partial charge in [0.25, 0.3) is 5.91 Å². The molecular formula is C23H34N4OS. The van der Waals surface area contributed by atoms with Crippen LogP contribution in [0.25, 0.3) is 10.2 Å². The zero-order valence-electron chi connectivity index (χ0n) is 18.4. The van der Waals surface area contributed by atoms with Gasteiger partial charge >= 0.3 is 0 Å². The maximum atomic E-state index is 13.2. The van der Waals surface area contributed by atoms with E-state index in [2.05, 4.69) is 42.9 Å². The summed E-state index contributed by atoms with van der Waals surface area (Å²) in [6.45, 7) is 13.0. The second kappa shape index (κ2) is 8.21. The minimum absolute atomic E-state index is 0.0623. The summed E-state index contributed by atoms with van der Waals surface area (Å²) < 4.78 is 0. The van der Waals surface area contributed by atoms with E-state index < -0.39 is 0 Å². The van der Waals surface area contributed by atoms with Crippen molar-refractivity contribution in [1.29, 1.82) is 0 Å². The number of nitrogens with zero attached hydrogens (tertiary/aromatic N) is 3. The quantitative estimate of drug-likeness (QED) is 0.759. The van der Waals surface area contributed by atoms with Gasteiger partial charge in [-0.2, -0.15) is 0 Å². The number of fused-ring (bicyclic) bond motifs is 1. The standard InChI is InChI=1S/C23H34N4OS/c1-13-9-11-27(12-10-13)21-19-16(4)20(29-23(19)25-17(5)24-21)22(28)26-18-8-6-7-14(2)15(18)3/h13-15,18H,6-12H2,1-5H3,(H,26,28). The van der Waals surface area contributed by atoms with Crippen LogP contribution in [-0.2, 0) is 0 Å². The minimum atomic E-state index is 0.0623. The lowest BCUT2D eigenvalue weighted by molar-refractivity contribution is 0.0895. The van der Waals surface area contributed by atoms with Gasteiger partial charge in [0.1, 0.15) is 16.5 Å². The van der Waals surface area contributed by atoms with Crippen molar-refractivity contribution in [3.8, 4) is 0 Å². The summed E-state index contributed by atoms with van der Waals surface area (Å²) in [6.07, 6.45) is 5.93. The van der Waals surface area contributed by atoms with Gasteiger partial charge in [0.2, 0.25) is 0 Å². The molecule has 3 unspecified atom stereocenters. The first-order valence-corrected chi connectivity index (χ1v) is 12.0. The Labute approximate surface area is 178 Å². The van der Waals surface area contributed by atoms with Crippen LogP contribution in [0.15, 0.2) is 0 Å². The highest BCUT2D eigenvalue weighted by Gasteiger charge is 2.30. The van der Waals surface area contributed by atoms with Crippen LogP contribution in [0.5, 0.6) is 0 Å². The Bertz CT molecular complexity index is 900. The minimum Gasteiger partial charge on any atom is -0.356 e. The van der Waals surface area contributed by atoms with E-state index in [1.54, 1.807) is 0 Å². The maximum Gasteiger partial charge on any atom is 0.261 e. The number of hydrogen-bond donors (Lipinski definition) is 1. The summed E-state index contributed by atoms with van der Waals surface area (Å²) in [5, 5.41) is 4.42. The second-order valence-corrected chi connectivity index (χ2v) is 10.3. The Morgan fingerprint density at radius 2 is 1.79 bits per heavy atom. The average molecular weight is 415 g/mol. The van der Waals surface area contributed by atoms with Crippen LogP contribution in [0.2, 0.25) is 0 Å². The molecule has 1 amide bonds. The van der Waals surface area contributed by atoms with Crippen molar-refractivity contribution in [3.63, 3.8) is 0 Å². The number of carbonyl (C=O) groups is 1. The highest BCUT2D eigenvalue weighted by molar-refractivity contribution is 7.20. The third-order valence-corrected chi connectivity index (χ3v) is 8.38. The predicted molar refractivity (Wildman–Crippen MR) is 121 cm³/mol. The van der Waals surface area contributed by atoms with Gasteiger partial charge in [0, 0.05) is 19.1 Å². The molecule has 1 aliphatic carbocycles. The highest BCUT2D eigenvalue weighted by atomic mass is 32.1. The third-order valence-electron chi connectivity index (χ3n) is 7.20. The van der Waals surface area contributed by atoms with Gasteiger partial charge in [-0.15, -0.1) is 11.3 Å². The fourth-order valence-electron chi connectivity index (χ4n) is 4.91. The number of hydrogen-bond acceptors (Lipinski definition) is 5. The Morgan fingerprint density at radius 1 is 1.07 bits per heavy atom. The van der Waals surface area contributed by atoms with Crippen LogP contribution in [0.4, 0.5) is 5.82 Å². The molecule has 158 valence electrons. The third kappa shape index (κ3) is 4.00. The molecule has 1 saturated carbocycles. The van der Waals surface area contributed by atoms with Crippen molar-refractivity contribution in [2.24, 2.45) is 17.8 Å². The summed E-state index contributed by atoms with van der Waals surface area (Å²) in [4.78, 5) is 26.8. The van der Waals surface area contributed by atoms with E-state index in [1.165, 1.54) is 37.0 Å². The lowest BCUT2D eigenvalue weighted by Gasteiger charge is -2.34. The topological polar surface area (TPSA) is 58.1 Å². The summed E-state index contributed by atoms with van der Waals surface area (Å²) in [6, 6.07) is 0.270. The maximum absolute atomic E-state index is 13.2. The van der Waals surface area contributed by atoms with E-state index in [0.29, 0.717) is 11.8 Å². The monoisotopic (exact) mass is 414 g/mol. The molecule has 5 nitrogen and oxygen atoms in total. The Morgan fingerprint density at radius 3 is 2.52 bits per heavy atom. The number of amides is 1. The number of thiophene rings is 1. The van der Waals surface area contributed by atoms with Crippen molar-refractivity contribution in [1.82, 2.24) is 15.3 Å². The Hall–Kier alpha value is -1.69. The smallest absolute Gasteiger partial charge is 0.261 e. The highest BCUT2D eigenvalue weighted by Crippen LogP contribution is 2.37. The van der Waals surface area contributed by atoms with Gasteiger partial charge in [0.05, 0.1) is 10.3 Å². The number of carbonyl (C=O) groups excluding carboxylic acids is 1. The van der Waals surface area contributed by atoms with Crippen LogP contribution in [0.3, 0.4) is 0 Å². The van der Waals surface area contributed by atoms with Gasteiger partial charge in [-0.05, 0) is 56.4 Å². The first-order valence-electron chi connectivity index (χ1n) is 11.2. The molecule has 0 spiro atoms. The molecule has 3 atom stereocenters. The molecule has 0 aromatic carbocycles. The molecule has 2 aromatic rings. The van der Waals surface area contributed by atoms with E-state index in [4.69, 9.17) is 4.98 Å². The number of rotatable bonds is 3. The molecule has 1 saturated heterocycles. The van der Waals surface area contributed by atoms with E-state index >= 15 is 0 Å². The van der Waals surface area contributed by atoms with Crippen LogP contribution >= 0.6 is 11.3 Å². The SMILES string of the molecule is Cc1nc(N2CCC(C)CC2)c2c(C)c(C(=O)NC3CCCC(C)C3C)sc2n1. The van der Waals surface area contributed by atoms with E-state index in [1.807, 2.05) is 6.92 Å². The number of aryl methyl sites for hydroxylation is 2. The van der Waals surface area contributed by atoms with E-state index in [-0.39, 0.29) is 11.9 Å². The van der Waals surface area contributed by atoms with E-state index in [9.17, 15) is 4.79 Å². The molecule has 29 heavy (non-hydrogen) atoms. The van der Waals surface area contributed by atoms with Gasteiger partial charge in [-0.1, -0.05) is 33.6 Å². The largest absolute Gasteiger partial charge is 0.356 e. The van der Waals surface area contributed by atoms with E-state index in [0.717, 1.165) is 57.7 Å². The number of anilines is 1. The van der Waals surface area contributed by atoms with Crippen LogP contribution in [0.1, 0.15) is 73.9 Å². The number of aromatic nitrogens is 2. The summed E-state index contributed by atoms with van der Waals surface area (Å²) in [5.74, 6) is 3.83. The Balaban J connectivity index is 1.65. The summed E-state index contributed by atoms with van der Waals surface area (Å²) in [5.41, 5.74) is 1.03. The van der Waals surface area contributed by atoms with Crippen molar-refractivity contribution < 1.29 is 4.79 Å². The van der Waals surface area contributed by atoms with Crippen molar-refractivity contribution in [2.75, 3.05) is 18.0 Å². The molecule has 2 aromatic heterocycles. The molecule has 4 rings (SSSR count). The van der Waals surface area contributed by atoms with Crippen molar-refractivity contribution in [3.05, 3.63) is 16.3 Å². The van der Waals surface area contributed by atoms with Crippen LogP contribution in [0, 0.1) is 31.6 Å². The van der Waals surface area contributed by atoms with Gasteiger partial charge in [-0.3, -0.25) is 4.79 Å². The summed E-state index contributed by atoms with van der Waals surface area (Å²) in [7, 11) is 0. The molecule has 1 N–H and O–H groups in total. The molecule has 1 aliphatic heterocycles. The van der Waals surface area contributed by atoms with Gasteiger partial charge in [0.15, 0.2) is 0 Å². The zero-order valence-corrected chi connectivity index (χ0v) is 19.2. The fourth-order valence-corrected chi connectivity index (χ4v) is 6.03. The second-order valence-electron chi connectivity index (χ2n) is 9.35. The normalized spacial score (nSPS) is 26.1. The summed E-state index contributed by atoms with van der Waals surface area (Å²) >= 11 is 1.53. The zero-order chi connectivity index (χ0) is 20.7. The van der Waals surface area contributed by atoms with Crippen molar-refractivity contribution >= 4 is 33.3 Å². The molecule has 0 bridgehead atoms.